The highest BCUT2D eigenvalue weighted by molar-refractivity contribution is 6.05. The van der Waals surface area contributed by atoms with Gasteiger partial charge in [-0.05, 0) is 36.0 Å². The van der Waals surface area contributed by atoms with Crippen LogP contribution in [0, 0.1) is 5.92 Å². The van der Waals surface area contributed by atoms with Gasteiger partial charge in [-0.1, -0.05) is 26.0 Å². The highest BCUT2D eigenvalue weighted by atomic mass is 16.2. The van der Waals surface area contributed by atoms with Crippen LogP contribution in [-0.4, -0.2) is 28.7 Å². The third-order valence-corrected chi connectivity index (χ3v) is 4.23. The molecule has 1 N–H and O–H groups in total. The third kappa shape index (κ3) is 2.63. The van der Waals surface area contributed by atoms with Gasteiger partial charge < -0.3 is 4.90 Å². The number of hydrogen-bond donors (Lipinski definition) is 1. The highest BCUT2D eigenvalue weighted by Crippen LogP contribution is 2.28. The van der Waals surface area contributed by atoms with Crippen molar-refractivity contribution in [2.24, 2.45) is 5.92 Å². The van der Waals surface area contributed by atoms with Gasteiger partial charge in [0.1, 0.15) is 6.04 Å². The predicted molar refractivity (Wildman–Crippen MR) is 81.0 cm³/mol. The lowest BCUT2D eigenvalue weighted by molar-refractivity contribution is -0.136. The number of benzene rings is 1. The molecule has 3 rings (SSSR count). The van der Waals surface area contributed by atoms with E-state index < -0.39 is 6.04 Å². The van der Waals surface area contributed by atoms with Crippen molar-refractivity contribution in [3.05, 3.63) is 34.9 Å². The van der Waals surface area contributed by atoms with E-state index in [4.69, 9.17) is 0 Å². The summed E-state index contributed by atoms with van der Waals surface area (Å²) in [6, 6.07) is 5.39. The van der Waals surface area contributed by atoms with Crippen LogP contribution in [-0.2, 0) is 22.6 Å². The maximum Gasteiger partial charge on any atom is 0.255 e. The first-order chi connectivity index (χ1) is 10.5. The number of carbonyl (C=O) groups is 3. The normalized spacial score (nSPS) is 21.3. The molecule has 5 heteroatoms. The first-order valence-corrected chi connectivity index (χ1v) is 7.72. The number of imide groups is 1. The molecule has 0 bridgehead atoms. The largest absolute Gasteiger partial charge is 0.322 e. The summed E-state index contributed by atoms with van der Waals surface area (Å²) in [5.74, 6) is -0.175. The number of carbonyl (C=O) groups excluding carboxylic acids is 3. The summed E-state index contributed by atoms with van der Waals surface area (Å²) < 4.78 is 0. The van der Waals surface area contributed by atoms with E-state index >= 15 is 0 Å². The monoisotopic (exact) mass is 300 g/mol. The topological polar surface area (TPSA) is 66.5 Å². The maximum atomic E-state index is 12.5. The van der Waals surface area contributed by atoms with Crippen LogP contribution in [0.1, 0.15) is 48.2 Å². The number of piperidine rings is 1. The van der Waals surface area contributed by atoms with E-state index in [1.807, 2.05) is 12.1 Å². The molecule has 2 aliphatic rings. The molecule has 1 saturated heterocycles. The minimum Gasteiger partial charge on any atom is -0.322 e. The molecule has 1 aromatic carbocycles. The van der Waals surface area contributed by atoms with E-state index in [1.165, 1.54) is 5.56 Å². The van der Waals surface area contributed by atoms with Crippen LogP contribution in [0.5, 0.6) is 0 Å². The van der Waals surface area contributed by atoms with Gasteiger partial charge in [-0.25, -0.2) is 0 Å². The molecular weight excluding hydrogens is 280 g/mol. The van der Waals surface area contributed by atoms with Gasteiger partial charge in [0.25, 0.3) is 5.91 Å². The van der Waals surface area contributed by atoms with E-state index in [9.17, 15) is 14.4 Å². The lowest BCUT2D eigenvalue weighted by Crippen LogP contribution is -2.52. The van der Waals surface area contributed by atoms with Crippen LogP contribution in [0.2, 0.25) is 0 Å². The molecule has 1 atom stereocenters. The first-order valence-electron chi connectivity index (χ1n) is 7.72. The van der Waals surface area contributed by atoms with Crippen molar-refractivity contribution in [2.75, 3.05) is 0 Å². The zero-order chi connectivity index (χ0) is 15.9. The van der Waals surface area contributed by atoms with Crippen molar-refractivity contribution in [3.8, 4) is 0 Å². The summed E-state index contributed by atoms with van der Waals surface area (Å²) >= 11 is 0. The number of hydrogen-bond acceptors (Lipinski definition) is 3. The second-order valence-corrected chi connectivity index (χ2v) is 6.49. The van der Waals surface area contributed by atoms with Crippen molar-refractivity contribution in [1.29, 1.82) is 0 Å². The Hall–Kier alpha value is -2.17. The Morgan fingerprint density at radius 1 is 1.27 bits per heavy atom. The van der Waals surface area contributed by atoms with Crippen LogP contribution < -0.4 is 5.32 Å². The standard InChI is InChI=1S/C17H20N2O3/c1-10(2)7-11-3-4-13-12(8-11)9-19(17(13)22)14-5-6-15(20)18-16(14)21/h3-4,8,10,14H,5-7,9H2,1-2H3,(H,18,20,21). The van der Waals surface area contributed by atoms with Gasteiger partial charge in [0.15, 0.2) is 0 Å². The van der Waals surface area contributed by atoms with E-state index in [1.54, 1.807) is 4.90 Å². The van der Waals surface area contributed by atoms with Gasteiger partial charge in [-0.2, -0.15) is 0 Å². The Balaban J connectivity index is 1.81. The first kappa shape index (κ1) is 14.8. The molecule has 3 amide bonds. The second kappa shape index (κ2) is 5.55. The highest BCUT2D eigenvalue weighted by Gasteiger charge is 2.38. The second-order valence-electron chi connectivity index (χ2n) is 6.49. The van der Waals surface area contributed by atoms with Gasteiger partial charge >= 0.3 is 0 Å². The van der Waals surface area contributed by atoms with Crippen molar-refractivity contribution < 1.29 is 14.4 Å². The SMILES string of the molecule is CC(C)Cc1ccc2c(c1)CN(C1CCC(=O)NC1=O)C2=O. The molecule has 1 fully saturated rings. The molecule has 5 nitrogen and oxygen atoms in total. The fourth-order valence-corrected chi connectivity index (χ4v) is 3.23. The lowest BCUT2D eigenvalue weighted by Gasteiger charge is -2.29. The molecule has 2 heterocycles. The van der Waals surface area contributed by atoms with Crippen molar-refractivity contribution in [3.63, 3.8) is 0 Å². The van der Waals surface area contributed by atoms with Crippen molar-refractivity contribution >= 4 is 17.7 Å². The molecule has 2 aliphatic heterocycles. The van der Waals surface area contributed by atoms with Crippen LogP contribution in [0.4, 0.5) is 0 Å². The maximum absolute atomic E-state index is 12.5. The van der Waals surface area contributed by atoms with E-state index in [0.29, 0.717) is 24.4 Å². The molecule has 22 heavy (non-hydrogen) atoms. The lowest BCUT2D eigenvalue weighted by atomic mass is 9.99. The predicted octanol–water partition coefficient (Wildman–Crippen LogP) is 1.65. The number of fused-ring (bicyclic) bond motifs is 1. The fraction of sp³-hybridized carbons (Fsp3) is 0.471. The summed E-state index contributed by atoms with van der Waals surface area (Å²) in [6.45, 7) is 4.77. The number of nitrogens with zero attached hydrogens (tertiary/aromatic N) is 1. The molecular formula is C17H20N2O3. The third-order valence-electron chi connectivity index (χ3n) is 4.23. The molecule has 1 unspecified atom stereocenters. The Morgan fingerprint density at radius 3 is 2.73 bits per heavy atom. The van der Waals surface area contributed by atoms with Gasteiger partial charge in [0.2, 0.25) is 11.8 Å². The van der Waals surface area contributed by atoms with Crippen LogP contribution in [0.25, 0.3) is 0 Å². The fourth-order valence-electron chi connectivity index (χ4n) is 3.23. The number of rotatable bonds is 3. The average molecular weight is 300 g/mol. The Labute approximate surface area is 129 Å². The van der Waals surface area contributed by atoms with Crippen LogP contribution >= 0.6 is 0 Å². The number of nitrogens with one attached hydrogen (secondary N) is 1. The van der Waals surface area contributed by atoms with Crippen molar-refractivity contribution in [1.82, 2.24) is 10.2 Å². The molecule has 1 aromatic rings. The van der Waals surface area contributed by atoms with Gasteiger partial charge in [-0.15, -0.1) is 0 Å². The van der Waals surface area contributed by atoms with Gasteiger partial charge in [0.05, 0.1) is 0 Å². The molecule has 116 valence electrons. The summed E-state index contributed by atoms with van der Waals surface area (Å²) in [7, 11) is 0. The van der Waals surface area contributed by atoms with E-state index in [0.717, 1.165) is 12.0 Å². The van der Waals surface area contributed by atoms with Gasteiger partial charge in [0, 0.05) is 18.5 Å². The molecule has 0 aromatic heterocycles. The van der Waals surface area contributed by atoms with Gasteiger partial charge in [-0.3, -0.25) is 19.7 Å². The number of amides is 3. The molecule has 0 aliphatic carbocycles. The van der Waals surface area contributed by atoms with Crippen LogP contribution in [0.3, 0.4) is 0 Å². The molecule has 0 spiro atoms. The summed E-state index contributed by atoms with van der Waals surface area (Å²) in [4.78, 5) is 37.3. The zero-order valence-electron chi connectivity index (χ0n) is 12.9. The summed E-state index contributed by atoms with van der Waals surface area (Å²) in [5.41, 5.74) is 2.87. The zero-order valence-corrected chi connectivity index (χ0v) is 12.9. The minimum absolute atomic E-state index is 0.111. The quantitative estimate of drug-likeness (QED) is 0.863. The van der Waals surface area contributed by atoms with Crippen molar-refractivity contribution in [2.45, 2.75) is 45.7 Å². The summed E-state index contributed by atoms with van der Waals surface area (Å²) in [6.07, 6.45) is 1.66. The van der Waals surface area contributed by atoms with E-state index in [-0.39, 0.29) is 24.1 Å². The molecule has 0 saturated carbocycles. The Kier molecular flexibility index (Phi) is 3.72. The average Bonchev–Trinajstić information content (AvgIpc) is 2.75. The van der Waals surface area contributed by atoms with E-state index in [2.05, 4.69) is 25.2 Å². The minimum atomic E-state index is -0.536. The molecule has 0 radical (unpaired) electrons. The smallest absolute Gasteiger partial charge is 0.255 e. The Bertz CT molecular complexity index is 651. The Morgan fingerprint density at radius 2 is 2.05 bits per heavy atom. The summed E-state index contributed by atoms with van der Waals surface area (Å²) in [5, 5.41) is 2.32. The van der Waals surface area contributed by atoms with Crippen LogP contribution in [0.15, 0.2) is 18.2 Å².